The van der Waals surface area contributed by atoms with Crippen LogP contribution in [0.4, 0.5) is 5.69 Å². The highest BCUT2D eigenvalue weighted by atomic mass is 32.2. The van der Waals surface area contributed by atoms with Gasteiger partial charge in [0.05, 0.1) is 10.6 Å². The van der Waals surface area contributed by atoms with E-state index in [4.69, 9.17) is 0 Å². The molecule has 0 aromatic heterocycles. The van der Waals surface area contributed by atoms with Crippen LogP contribution in [0.3, 0.4) is 0 Å². The van der Waals surface area contributed by atoms with Crippen LogP contribution in [0.5, 0.6) is 0 Å². The van der Waals surface area contributed by atoms with E-state index in [1.807, 2.05) is 45.0 Å². The number of benzene rings is 3. The second-order valence-corrected chi connectivity index (χ2v) is 11.0. The fourth-order valence-electron chi connectivity index (χ4n) is 3.86. The summed E-state index contributed by atoms with van der Waals surface area (Å²) in [6.45, 7) is 7.22. The zero-order chi connectivity index (χ0) is 27.0. The molecular formula is C29H35N3O4S. The van der Waals surface area contributed by atoms with Gasteiger partial charge in [-0.3, -0.25) is 13.9 Å². The van der Waals surface area contributed by atoms with Crippen LogP contribution in [0.2, 0.25) is 0 Å². The molecule has 37 heavy (non-hydrogen) atoms. The molecule has 8 heteroatoms. The third-order valence-corrected chi connectivity index (χ3v) is 8.21. The molecule has 3 aromatic rings. The Morgan fingerprint density at radius 3 is 2.03 bits per heavy atom. The molecule has 0 unspecified atom stereocenters. The third kappa shape index (κ3) is 6.98. The van der Waals surface area contributed by atoms with Gasteiger partial charge < -0.3 is 10.2 Å². The number of rotatable bonds is 11. The summed E-state index contributed by atoms with van der Waals surface area (Å²) in [5, 5.41) is 2.94. The molecule has 0 fully saturated rings. The number of para-hydroxylation sites is 1. The molecule has 0 radical (unpaired) electrons. The van der Waals surface area contributed by atoms with Crippen LogP contribution < -0.4 is 9.62 Å². The molecule has 0 spiro atoms. The van der Waals surface area contributed by atoms with Gasteiger partial charge in [0, 0.05) is 12.6 Å². The van der Waals surface area contributed by atoms with E-state index >= 15 is 0 Å². The van der Waals surface area contributed by atoms with Gasteiger partial charge in [-0.05, 0) is 62.6 Å². The molecule has 0 aliphatic heterocycles. The molecule has 3 rings (SSSR count). The van der Waals surface area contributed by atoms with E-state index in [-0.39, 0.29) is 23.4 Å². The van der Waals surface area contributed by atoms with Gasteiger partial charge in [-0.2, -0.15) is 0 Å². The lowest BCUT2D eigenvalue weighted by Gasteiger charge is -2.32. The van der Waals surface area contributed by atoms with Gasteiger partial charge in [0.1, 0.15) is 12.6 Å². The lowest BCUT2D eigenvalue weighted by Crippen LogP contribution is -2.52. The van der Waals surface area contributed by atoms with Gasteiger partial charge in [-0.1, -0.05) is 67.6 Å². The van der Waals surface area contributed by atoms with Crippen LogP contribution in [0.25, 0.3) is 0 Å². The summed E-state index contributed by atoms with van der Waals surface area (Å²) >= 11 is 0. The van der Waals surface area contributed by atoms with Crippen molar-refractivity contribution in [1.82, 2.24) is 10.2 Å². The van der Waals surface area contributed by atoms with Crippen LogP contribution in [-0.2, 0) is 26.2 Å². The molecule has 2 atom stereocenters. The highest BCUT2D eigenvalue weighted by Crippen LogP contribution is 2.24. The van der Waals surface area contributed by atoms with E-state index in [9.17, 15) is 18.0 Å². The number of aryl methyl sites for hydroxylation is 1. The molecule has 0 bridgehead atoms. The predicted octanol–water partition coefficient (Wildman–Crippen LogP) is 4.52. The molecule has 7 nitrogen and oxygen atoms in total. The number of carbonyl (C=O) groups is 2. The maximum absolute atomic E-state index is 13.9. The number of nitrogens with one attached hydrogen (secondary N) is 1. The van der Waals surface area contributed by atoms with Crippen molar-refractivity contribution in [2.75, 3.05) is 10.8 Å². The van der Waals surface area contributed by atoms with Gasteiger partial charge in [-0.15, -0.1) is 0 Å². The minimum atomic E-state index is -4.05. The molecule has 0 heterocycles. The van der Waals surface area contributed by atoms with Gasteiger partial charge in [-0.25, -0.2) is 8.42 Å². The zero-order valence-corrected chi connectivity index (χ0v) is 22.6. The summed E-state index contributed by atoms with van der Waals surface area (Å²) in [6.07, 6.45) is 0.751. The Morgan fingerprint density at radius 2 is 1.43 bits per heavy atom. The molecule has 2 amide bonds. The zero-order valence-electron chi connectivity index (χ0n) is 21.8. The maximum atomic E-state index is 13.9. The van der Waals surface area contributed by atoms with Crippen molar-refractivity contribution in [2.45, 2.75) is 57.6 Å². The second-order valence-electron chi connectivity index (χ2n) is 9.10. The number of hydrogen-bond acceptors (Lipinski definition) is 4. The Bertz CT molecular complexity index is 1300. The fourth-order valence-corrected chi connectivity index (χ4v) is 5.30. The maximum Gasteiger partial charge on any atom is 0.264 e. The number of amides is 2. The second kappa shape index (κ2) is 12.5. The number of sulfonamides is 1. The Labute approximate surface area is 220 Å². The number of hydrogen-bond donors (Lipinski definition) is 1. The van der Waals surface area contributed by atoms with Gasteiger partial charge in [0.2, 0.25) is 11.8 Å². The van der Waals surface area contributed by atoms with Crippen LogP contribution in [0, 0.1) is 6.92 Å². The van der Waals surface area contributed by atoms with E-state index in [1.165, 1.54) is 17.0 Å². The first-order valence-electron chi connectivity index (χ1n) is 12.4. The molecule has 0 aliphatic rings. The van der Waals surface area contributed by atoms with Gasteiger partial charge in [0.15, 0.2) is 0 Å². The number of nitrogens with zero attached hydrogens (tertiary/aromatic N) is 2. The average Bonchev–Trinajstić information content (AvgIpc) is 2.91. The van der Waals surface area contributed by atoms with E-state index in [0.717, 1.165) is 21.9 Å². The Kier molecular flexibility index (Phi) is 9.47. The van der Waals surface area contributed by atoms with E-state index < -0.39 is 28.5 Å². The van der Waals surface area contributed by atoms with Gasteiger partial charge >= 0.3 is 0 Å². The molecule has 0 aliphatic carbocycles. The first-order chi connectivity index (χ1) is 17.6. The summed E-state index contributed by atoms with van der Waals surface area (Å²) in [7, 11) is -4.05. The Balaban J connectivity index is 2.00. The normalized spacial score (nSPS) is 12.9. The largest absolute Gasteiger partial charge is 0.352 e. The minimum Gasteiger partial charge on any atom is -0.352 e. The third-order valence-electron chi connectivity index (χ3n) is 6.42. The highest BCUT2D eigenvalue weighted by Gasteiger charge is 2.32. The predicted molar refractivity (Wildman–Crippen MR) is 147 cm³/mol. The summed E-state index contributed by atoms with van der Waals surface area (Å²) in [5.41, 5.74) is 2.23. The Hall–Kier alpha value is -3.65. The average molecular weight is 522 g/mol. The minimum absolute atomic E-state index is 0.0513. The molecule has 1 N–H and O–H groups in total. The van der Waals surface area contributed by atoms with Crippen molar-refractivity contribution in [3.8, 4) is 0 Å². The number of anilines is 1. The molecular weight excluding hydrogens is 486 g/mol. The highest BCUT2D eigenvalue weighted by molar-refractivity contribution is 7.92. The smallest absolute Gasteiger partial charge is 0.264 e. The first kappa shape index (κ1) is 27.9. The SMILES string of the molecule is CC[C@@H](C)NC(=O)[C@@H](C)N(Cc1ccccc1C)C(=O)CN(c1ccccc1)S(=O)(=O)c1ccccc1. The molecule has 0 saturated carbocycles. The van der Waals surface area contributed by atoms with Crippen LogP contribution in [0.1, 0.15) is 38.3 Å². The molecule has 3 aromatic carbocycles. The molecule has 196 valence electrons. The molecule has 0 saturated heterocycles. The van der Waals surface area contributed by atoms with Crippen molar-refractivity contribution in [1.29, 1.82) is 0 Å². The van der Waals surface area contributed by atoms with E-state index in [2.05, 4.69) is 5.32 Å². The van der Waals surface area contributed by atoms with E-state index in [0.29, 0.717) is 5.69 Å². The summed E-state index contributed by atoms with van der Waals surface area (Å²) in [5.74, 6) is -0.758. The van der Waals surface area contributed by atoms with Crippen molar-refractivity contribution in [2.24, 2.45) is 0 Å². The lowest BCUT2D eigenvalue weighted by molar-refractivity contribution is -0.139. The quantitative estimate of drug-likeness (QED) is 0.402. The van der Waals surface area contributed by atoms with Crippen molar-refractivity contribution < 1.29 is 18.0 Å². The van der Waals surface area contributed by atoms with Crippen LogP contribution >= 0.6 is 0 Å². The van der Waals surface area contributed by atoms with Crippen molar-refractivity contribution >= 4 is 27.5 Å². The number of carbonyl (C=O) groups excluding carboxylic acids is 2. The topological polar surface area (TPSA) is 86.8 Å². The fraction of sp³-hybridized carbons (Fsp3) is 0.310. The lowest BCUT2D eigenvalue weighted by atomic mass is 10.1. The summed E-state index contributed by atoms with van der Waals surface area (Å²) in [4.78, 5) is 28.5. The monoisotopic (exact) mass is 521 g/mol. The summed E-state index contributed by atoms with van der Waals surface area (Å²) in [6, 6.07) is 23.3. The standard InChI is InChI=1S/C29H35N3O4S/c1-5-23(3)30-29(34)24(4)31(20-25-15-13-12-14-22(25)2)28(33)21-32(26-16-8-6-9-17-26)37(35,36)27-18-10-7-11-19-27/h6-19,23-24H,5,20-21H2,1-4H3,(H,30,34)/t23-,24-/m1/s1. The van der Waals surface area contributed by atoms with Crippen molar-refractivity contribution in [3.05, 3.63) is 96.1 Å². The van der Waals surface area contributed by atoms with Crippen LogP contribution in [0.15, 0.2) is 89.8 Å². The Morgan fingerprint density at radius 1 is 0.865 bits per heavy atom. The first-order valence-corrected chi connectivity index (χ1v) is 13.9. The van der Waals surface area contributed by atoms with Gasteiger partial charge in [0.25, 0.3) is 10.0 Å². The van der Waals surface area contributed by atoms with E-state index in [1.54, 1.807) is 55.5 Å². The van der Waals surface area contributed by atoms with Crippen LogP contribution in [-0.4, -0.2) is 43.8 Å². The summed E-state index contributed by atoms with van der Waals surface area (Å²) < 4.78 is 28.4. The van der Waals surface area contributed by atoms with Crippen molar-refractivity contribution in [3.63, 3.8) is 0 Å².